The van der Waals surface area contributed by atoms with Crippen molar-refractivity contribution in [2.45, 2.75) is 13.0 Å². The van der Waals surface area contributed by atoms with Crippen LogP contribution in [-0.4, -0.2) is 19.2 Å². The van der Waals surface area contributed by atoms with Gasteiger partial charge in [0.25, 0.3) is 5.91 Å². The zero-order chi connectivity index (χ0) is 18.9. The molecule has 0 aliphatic heterocycles. The highest BCUT2D eigenvalue weighted by Crippen LogP contribution is 2.33. The minimum atomic E-state index is -0.480. The van der Waals surface area contributed by atoms with E-state index in [0.29, 0.717) is 33.2 Å². The van der Waals surface area contributed by atoms with E-state index in [1.807, 2.05) is 18.2 Å². The first kappa shape index (κ1) is 19.8. The fraction of sp³-hybridized carbons (Fsp3) is 0.167. The number of amides is 1. The Morgan fingerprint density at radius 2 is 2.15 bits per heavy atom. The van der Waals surface area contributed by atoms with Crippen LogP contribution in [0.1, 0.15) is 17.5 Å². The number of nitriles is 1. The highest BCUT2D eigenvalue weighted by Gasteiger charge is 2.11. The average molecular weight is 437 g/mol. The second kappa shape index (κ2) is 9.80. The Labute approximate surface area is 164 Å². The van der Waals surface area contributed by atoms with Crippen LogP contribution >= 0.6 is 27.5 Å². The van der Waals surface area contributed by atoms with E-state index in [4.69, 9.17) is 26.3 Å². The van der Waals surface area contributed by atoms with Crippen molar-refractivity contribution >= 4 is 39.7 Å². The molecule has 0 heterocycles. The summed E-state index contributed by atoms with van der Waals surface area (Å²) >= 11 is 9.56. The molecule has 0 saturated heterocycles. The smallest absolute Gasteiger partial charge is 0.254 e. The standard InChI is InChI=1S/C18H15BrClN3O3/c1-25-16-8-13(10-22-23-18(24)6-7-21)14(19)9-17(16)26-11-12-4-2-3-5-15(12)20/h2-5,8-10H,6,11H2,1H3,(H,23,24)/b22-10+. The maximum absolute atomic E-state index is 11.2. The molecule has 0 aliphatic rings. The number of hydrogen-bond acceptors (Lipinski definition) is 5. The molecule has 0 unspecified atom stereocenters. The van der Waals surface area contributed by atoms with Gasteiger partial charge >= 0.3 is 0 Å². The number of halogens is 2. The molecular formula is C18H15BrClN3O3. The largest absolute Gasteiger partial charge is 0.493 e. The predicted molar refractivity (Wildman–Crippen MR) is 102 cm³/mol. The lowest BCUT2D eigenvalue weighted by Crippen LogP contribution is -2.16. The number of nitrogens with zero attached hydrogens (tertiary/aromatic N) is 2. The molecule has 0 radical (unpaired) electrons. The van der Waals surface area contributed by atoms with E-state index in [1.165, 1.54) is 13.3 Å². The van der Waals surface area contributed by atoms with Gasteiger partial charge in [-0.2, -0.15) is 10.4 Å². The molecule has 0 aliphatic carbocycles. The Kier molecular flexibility index (Phi) is 7.45. The van der Waals surface area contributed by atoms with Crippen LogP contribution in [0.25, 0.3) is 0 Å². The SMILES string of the molecule is COc1cc(/C=N/NC(=O)CC#N)c(Br)cc1OCc1ccccc1Cl. The van der Waals surface area contributed by atoms with Crippen molar-refractivity contribution in [3.05, 3.63) is 57.0 Å². The van der Waals surface area contributed by atoms with Crippen LogP contribution in [0.4, 0.5) is 0 Å². The molecule has 2 aromatic rings. The van der Waals surface area contributed by atoms with Gasteiger partial charge in [0.15, 0.2) is 11.5 Å². The first-order chi connectivity index (χ1) is 12.5. The van der Waals surface area contributed by atoms with Crippen LogP contribution in [-0.2, 0) is 11.4 Å². The van der Waals surface area contributed by atoms with Crippen molar-refractivity contribution in [1.82, 2.24) is 5.43 Å². The Morgan fingerprint density at radius 1 is 1.38 bits per heavy atom. The molecule has 2 aromatic carbocycles. The van der Waals surface area contributed by atoms with Gasteiger partial charge in [-0.05, 0) is 34.1 Å². The third kappa shape index (κ3) is 5.48. The first-order valence-electron chi connectivity index (χ1n) is 7.47. The minimum Gasteiger partial charge on any atom is -0.493 e. The zero-order valence-electron chi connectivity index (χ0n) is 13.8. The quantitative estimate of drug-likeness (QED) is 0.524. The Balaban J connectivity index is 2.13. The monoisotopic (exact) mass is 435 g/mol. The van der Waals surface area contributed by atoms with Crippen molar-refractivity contribution < 1.29 is 14.3 Å². The van der Waals surface area contributed by atoms with Gasteiger partial charge in [0, 0.05) is 20.6 Å². The molecule has 0 aromatic heterocycles. The van der Waals surface area contributed by atoms with Gasteiger partial charge in [-0.25, -0.2) is 5.43 Å². The van der Waals surface area contributed by atoms with Crippen LogP contribution in [0.5, 0.6) is 11.5 Å². The summed E-state index contributed by atoms with van der Waals surface area (Å²) in [5, 5.41) is 12.9. The normalized spacial score (nSPS) is 10.4. The zero-order valence-corrected chi connectivity index (χ0v) is 16.2. The lowest BCUT2D eigenvalue weighted by atomic mass is 10.2. The van der Waals surface area contributed by atoms with Crippen LogP contribution in [0, 0.1) is 11.3 Å². The molecule has 0 fully saturated rings. The summed E-state index contributed by atoms with van der Waals surface area (Å²) in [6.07, 6.45) is 1.19. The number of carbonyl (C=O) groups is 1. The molecule has 0 atom stereocenters. The van der Waals surface area contributed by atoms with Crippen LogP contribution in [0.15, 0.2) is 46.0 Å². The number of methoxy groups -OCH3 is 1. The van der Waals surface area contributed by atoms with Crippen molar-refractivity contribution in [3.8, 4) is 17.6 Å². The van der Waals surface area contributed by atoms with Gasteiger partial charge in [-0.15, -0.1) is 0 Å². The molecule has 26 heavy (non-hydrogen) atoms. The summed E-state index contributed by atoms with van der Waals surface area (Å²) in [5.41, 5.74) is 3.79. The summed E-state index contributed by atoms with van der Waals surface area (Å²) in [4.78, 5) is 11.2. The van der Waals surface area contributed by atoms with E-state index in [-0.39, 0.29) is 6.42 Å². The molecule has 6 nitrogen and oxygen atoms in total. The van der Waals surface area contributed by atoms with E-state index in [0.717, 1.165) is 5.56 Å². The summed E-state index contributed by atoms with van der Waals surface area (Å²) in [6, 6.07) is 12.6. The lowest BCUT2D eigenvalue weighted by molar-refractivity contribution is -0.120. The summed E-state index contributed by atoms with van der Waals surface area (Å²) in [7, 11) is 1.53. The van der Waals surface area contributed by atoms with Gasteiger partial charge in [0.2, 0.25) is 0 Å². The summed E-state index contributed by atoms with van der Waals surface area (Å²) in [6.45, 7) is 0.292. The second-order valence-corrected chi connectivity index (χ2v) is 6.29. The summed E-state index contributed by atoms with van der Waals surface area (Å²) in [5.74, 6) is 0.557. The molecule has 8 heteroatoms. The van der Waals surface area contributed by atoms with Crippen molar-refractivity contribution in [2.75, 3.05) is 7.11 Å². The molecule has 1 N–H and O–H groups in total. The fourth-order valence-electron chi connectivity index (χ4n) is 1.98. The molecule has 0 spiro atoms. The van der Waals surface area contributed by atoms with Gasteiger partial charge in [0.1, 0.15) is 13.0 Å². The van der Waals surface area contributed by atoms with Gasteiger partial charge in [-0.1, -0.05) is 29.8 Å². The number of hydrazone groups is 1. The van der Waals surface area contributed by atoms with Crippen LogP contribution in [0.3, 0.4) is 0 Å². The molecule has 1 amide bonds. The third-order valence-electron chi connectivity index (χ3n) is 3.26. The number of ether oxygens (including phenoxy) is 2. The molecule has 0 bridgehead atoms. The van der Waals surface area contributed by atoms with Crippen LogP contribution in [0.2, 0.25) is 5.02 Å². The van der Waals surface area contributed by atoms with E-state index >= 15 is 0 Å². The molecular weight excluding hydrogens is 422 g/mol. The first-order valence-corrected chi connectivity index (χ1v) is 8.65. The molecule has 2 rings (SSSR count). The maximum Gasteiger partial charge on any atom is 0.254 e. The van der Waals surface area contributed by atoms with E-state index in [1.54, 1.807) is 24.3 Å². The highest BCUT2D eigenvalue weighted by atomic mass is 79.9. The predicted octanol–water partition coefficient (Wildman–Crippen LogP) is 4.05. The number of nitrogens with one attached hydrogen (secondary N) is 1. The second-order valence-electron chi connectivity index (χ2n) is 5.03. The van der Waals surface area contributed by atoms with Crippen molar-refractivity contribution in [3.63, 3.8) is 0 Å². The highest BCUT2D eigenvalue weighted by molar-refractivity contribution is 9.10. The maximum atomic E-state index is 11.2. The van der Waals surface area contributed by atoms with Gasteiger partial charge < -0.3 is 9.47 Å². The van der Waals surface area contributed by atoms with E-state index < -0.39 is 5.91 Å². The lowest BCUT2D eigenvalue weighted by Gasteiger charge is -2.13. The number of rotatable bonds is 7. The molecule has 0 saturated carbocycles. The number of benzene rings is 2. The average Bonchev–Trinajstić information content (AvgIpc) is 2.62. The van der Waals surface area contributed by atoms with E-state index in [9.17, 15) is 4.79 Å². The number of carbonyl (C=O) groups excluding carboxylic acids is 1. The number of hydrogen-bond donors (Lipinski definition) is 1. The van der Waals surface area contributed by atoms with Crippen LogP contribution < -0.4 is 14.9 Å². The van der Waals surface area contributed by atoms with Crippen molar-refractivity contribution in [2.24, 2.45) is 5.10 Å². The van der Waals surface area contributed by atoms with Gasteiger partial charge in [0.05, 0.1) is 19.4 Å². The Bertz CT molecular complexity index is 865. The minimum absolute atomic E-state index is 0.253. The Hall–Kier alpha value is -2.56. The molecule has 134 valence electrons. The Morgan fingerprint density at radius 3 is 2.85 bits per heavy atom. The topological polar surface area (TPSA) is 83.7 Å². The summed E-state index contributed by atoms with van der Waals surface area (Å²) < 4.78 is 11.9. The third-order valence-corrected chi connectivity index (χ3v) is 4.31. The van der Waals surface area contributed by atoms with E-state index in [2.05, 4.69) is 26.5 Å². The fourth-order valence-corrected chi connectivity index (χ4v) is 2.59. The van der Waals surface area contributed by atoms with Crippen molar-refractivity contribution in [1.29, 1.82) is 5.26 Å². The van der Waals surface area contributed by atoms with Gasteiger partial charge in [-0.3, -0.25) is 4.79 Å².